The fraction of sp³-hybridized carbons (Fsp3) is 0.700. The third-order valence-corrected chi connectivity index (χ3v) is 3.14. The quantitative estimate of drug-likeness (QED) is 0.676. The monoisotopic (exact) mass is 183 g/mol. The van der Waals surface area contributed by atoms with Gasteiger partial charge in [-0.2, -0.15) is 0 Å². The average Bonchev–Trinajstić information content (AvgIpc) is 2.59. The predicted molar refractivity (Wildman–Crippen MR) is 54.7 cm³/mol. The van der Waals surface area contributed by atoms with Crippen molar-refractivity contribution in [1.82, 2.24) is 4.98 Å². The van der Waals surface area contributed by atoms with Crippen LogP contribution in [-0.4, -0.2) is 4.98 Å². The molecule has 1 rings (SSSR count). The van der Waals surface area contributed by atoms with Gasteiger partial charge in [0.05, 0.1) is 5.01 Å². The third-order valence-electron chi connectivity index (χ3n) is 2.20. The first-order valence-corrected chi connectivity index (χ1v) is 5.65. The van der Waals surface area contributed by atoms with E-state index >= 15 is 0 Å². The Balaban J connectivity index is 2.45. The standard InChI is InChI=1S/C10H17NS/c1-3-5-6-9(4-2)10-11-7-8-12-10/h7-9H,3-6H2,1-2H3. The van der Waals surface area contributed by atoms with Crippen molar-refractivity contribution in [3.8, 4) is 0 Å². The molecule has 2 heteroatoms. The van der Waals surface area contributed by atoms with E-state index in [2.05, 4.69) is 24.2 Å². The molecule has 0 saturated heterocycles. The smallest absolute Gasteiger partial charge is 0.0955 e. The van der Waals surface area contributed by atoms with Gasteiger partial charge in [-0.15, -0.1) is 11.3 Å². The molecule has 1 unspecified atom stereocenters. The molecule has 1 heterocycles. The summed E-state index contributed by atoms with van der Waals surface area (Å²) in [7, 11) is 0. The van der Waals surface area contributed by atoms with Crippen molar-refractivity contribution in [2.24, 2.45) is 0 Å². The van der Waals surface area contributed by atoms with Gasteiger partial charge in [0.1, 0.15) is 0 Å². The normalized spacial score (nSPS) is 13.2. The van der Waals surface area contributed by atoms with Gasteiger partial charge in [-0.25, -0.2) is 4.98 Å². The Morgan fingerprint density at radius 1 is 1.50 bits per heavy atom. The number of hydrogen-bond acceptors (Lipinski definition) is 2. The van der Waals surface area contributed by atoms with Crippen molar-refractivity contribution >= 4 is 11.3 Å². The molecule has 0 fully saturated rings. The van der Waals surface area contributed by atoms with Gasteiger partial charge in [0, 0.05) is 17.5 Å². The molecule has 1 nitrogen and oxygen atoms in total. The lowest BCUT2D eigenvalue weighted by molar-refractivity contribution is 0.567. The fourth-order valence-electron chi connectivity index (χ4n) is 1.39. The molecule has 0 N–H and O–H groups in total. The Bertz CT molecular complexity index is 194. The summed E-state index contributed by atoms with van der Waals surface area (Å²) in [5.41, 5.74) is 0. The molecule has 0 radical (unpaired) electrons. The Labute approximate surface area is 78.8 Å². The minimum Gasteiger partial charge on any atom is -0.249 e. The predicted octanol–water partition coefficient (Wildman–Crippen LogP) is 3.83. The summed E-state index contributed by atoms with van der Waals surface area (Å²) >= 11 is 1.79. The molecule has 0 aromatic carbocycles. The van der Waals surface area contributed by atoms with Crippen LogP contribution in [0.25, 0.3) is 0 Å². The lowest BCUT2D eigenvalue weighted by Crippen LogP contribution is -1.95. The van der Waals surface area contributed by atoms with Gasteiger partial charge in [-0.1, -0.05) is 26.7 Å². The second-order valence-electron chi connectivity index (χ2n) is 3.12. The van der Waals surface area contributed by atoms with Gasteiger partial charge in [-0.3, -0.25) is 0 Å². The molecule has 1 atom stereocenters. The Hall–Kier alpha value is -0.370. The van der Waals surface area contributed by atoms with Crippen LogP contribution < -0.4 is 0 Å². The first kappa shape index (κ1) is 9.72. The SMILES string of the molecule is CCCCC(CC)c1nccs1. The number of thiazole rings is 1. The van der Waals surface area contributed by atoms with E-state index in [9.17, 15) is 0 Å². The van der Waals surface area contributed by atoms with Crippen LogP contribution in [0.15, 0.2) is 11.6 Å². The van der Waals surface area contributed by atoms with Crippen molar-refractivity contribution in [2.45, 2.75) is 45.4 Å². The first-order valence-electron chi connectivity index (χ1n) is 4.77. The zero-order valence-electron chi connectivity index (χ0n) is 7.92. The number of unbranched alkanes of at least 4 members (excludes halogenated alkanes) is 1. The maximum atomic E-state index is 4.36. The molecule has 1 aromatic rings. The highest BCUT2D eigenvalue weighted by Gasteiger charge is 2.10. The van der Waals surface area contributed by atoms with Crippen LogP contribution in [0.1, 0.15) is 50.5 Å². The minimum atomic E-state index is 0.713. The van der Waals surface area contributed by atoms with Crippen LogP contribution in [0, 0.1) is 0 Å². The van der Waals surface area contributed by atoms with Crippen LogP contribution in [0.3, 0.4) is 0 Å². The second kappa shape index (κ2) is 5.31. The molecule has 0 aliphatic heterocycles. The van der Waals surface area contributed by atoms with E-state index in [-0.39, 0.29) is 0 Å². The summed E-state index contributed by atoms with van der Waals surface area (Å²) in [5, 5.41) is 3.40. The van der Waals surface area contributed by atoms with Gasteiger partial charge >= 0.3 is 0 Å². The van der Waals surface area contributed by atoms with Crippen molar-refractivity contribution < 1.29 is 0 Å². The van der Waals surface area contributed by atoms with Crippen LogP contribution in [0.5, 0.6) is 0 Å². The molecule has 68 valence electrons. The van der Waals surface area contributed by atoms with Gasteiger partial charge in [0.25, 0.3) is 0 Å². The molecule has 12 heavy (non-hydrogen) atoms. The molecule has 0 spiro atoms. The van der Waals surface area contributed by atoms with E-state index < -0.39 is 0 Å². The number of rotatable bonds is 5. The van der Waals surface area contributed by atoms with Gasteiger partial charge < -0.3 is 0 Å². The highest BCUT2D eigenvalue weighted by molar-refractivity contribution is 7.09. The van der Waals surface area contributed by atoms with Crippen LogP contribution >= 0.6 is 11.3 Å². The molecular formula is C10H17NS. The minimum absolute atomic E-state index is 0.713. The zero-order chi connectivity index (χ0) is 8.81. The van der Waals surface area contributed by atoms with E-state index in [1.807, 2.05) is 6.20 Å². The van der Waals surface area contributed by atoms with E-state index in [0.717, 1.165) is 0 Å². The molecular weight excluding hydrogens is 166 g/mol. The maximum Gasteiger partial charge on any atom is 0.0955 e. The highest BCUT2D eigenvalue weighted by Crippen LogP contribution is 2.26. The van der Waals surface area contributed by atoms with Crippen molar-refractivity contribution in [3.05, 3.63) is 16.6 Å². The summed E-state index contributed by atoms with van der Waals surface area (Å²) in [5.74, 6) is 0.713. The van der Waals surface area contributed by atoms with Crippen LogP contribution in [0.2, 0.25) is 0 Å². The second-order valence-corrected chi connectivity index (χ2v) is 4.04. The largest absolute Gasteiger partial charge is 0.249 e. The summed E-state index contributed by atoms with van der Waals surface area (Å²) in [4.78, 5) is 4.36. The fourth-order valence-corrected chi connectivity index (χ4v) is 2.25. The maximum absolute atomic E-state index is 4.36. The summed E-state index contributed by atoms with van der Waals surface area (Å²) < 4.78 is 0. The molecule has 1 aromatic heterocycles. The highest BCUT2D eigenvalue weighted by atomic mass is 32.1. The first-order chi connectivity index (χ1) is 5.88. The summed E-state index contributed by atoms with van der Waals surface area (Å²) in [6.07, 6.45) is 7.07. The lowest BCUT2D eigenvalue weighted by atomic mass is 10.0. The summed E-state index contributed by atoms with van der Waals surface area (Å²) in [6, 6.07) is 0. The van der Waals surface area contributed by atoms with Crippen molar-refractivity contribution in [3.63, 3.8) is 0 Å². The van der Waals surface area contributed by atoms with Crippen LogP contribution in [-0.2, 0) is 0 Å². The Kier molecular flexibility index (Phi) is 4.30. The lowest BCUT2D eigenvalue weighted by Gasteiger charge is -2.09. The molecule has 0 aliphatic rings. The third kappa shape index (κ3) is 2.59. The number of nitrogens with zero attached hydrogens (tertiary/aromatic N) is 1. The number of hydrogen-bond donors (Lipinski definition) is 0. The Morgan fingerprint density at radius 3 is 2.83 bits per heavy atom. The van der Waals surface area contributed by atoms with E-state index in [1.54, 1.807) is 11.3 Å². The molecule has 0 aliphatic carbocycles. The molecule has 0 amide bonds. The Morgan fingerprint density at radius 2 is 2.33 bits per heavy atom. The van der Waals surface area contributed by atoms with Gasteiger partial charge in [-0.05, 0) is 12.8 Å². The van der Waals surface area contributed by atoms with E-state index in [1.165, 1.54) is 30.7 Å². The van der Waals surface area contributed by atoms with E-state index in [4.69, 9.17) is 0 Å². The zero-order valence-corrected chi connectivity index (χ0v) is 8.73. The van der Waals surface area contributed by atoms with Crippen LogP contribution in [0.4, 0.5) is 0 Å². The van der Waals surface area contributed by atoms with Gasteiger partial charge in [0.2, 0.25) is 0 Å². The molecule has 0 saturated carbocycles. The van der Waals surface area contributed by atoms with E-state index in [0.29, 0.717) is 5.92 Å². The van der Waals surface area contributed by atoms with Crippen molar-refractivity contribution in [2.75, 3.05) is 0 Å². The average molecular weight is 183 g/mol. The molecule has 0 bridgehead atoms. The van der Waals surface area contributed by atoms with Crippen molar-refractivity contribution in [1.29, 1.82) is 0 Å². The van der Waals surface area contributed by atoms with Gasteiger partial charge in [0.15, 0.2) is 0 Å². The number of aromatic nitrogens is 1. The summed E-state index contributed by atoms with van der Waals surface area (Å²) in [6.45, 7) is 4.50. The topological polar surface area (TPSA) is 12.9 Å².